The molecule has 0 spiro atoms. The van der Waals surface area contributed by atoms with Gasteiger partial charge >= 0.3 is 0 Å². The molecule has 1 fully saturated rings. The van der Waals surface area contributed by atoms with Crippen LogP contribution in [0, 0.1) is 35.5 Å². The van der Waals surface area contributed by atoms with Crippen LogP contribution < -0.4 is 0 Å². The smallest absolute Gasteiger partial charge is 0.0123 e. The number of hydrogen-bond donors (Lipinski definition) is 0. The van der Waals surface area contributed by atoms with Crippen LogP contribution in [-0.2, 0) is 0 Å². The molecule has 0 bridgehead atoms. The highest BCUT2D eigenvalue weighted by Crippen LogP contribution is 2.55. The topological polar surface area (TPSA) is 0 Å². The second kappa shape index (κ2) is 2.55. The number of fused-ring (bicyclic) bond motifs is 1. The lowest BCUT2D eigenvalue weighted by Crippen LogP contribution is -1.94. The highest BCUT2D eigenvalue weighted by molar-refractivity contribution is 5.12. The third kappa shape index (κ3) is 1.18. The van der Waals surface area contributed by atoms with Crippen LogP contribution in [0.4, 0.5) is 0 Å². The van der Waals surface area contributed by atoms with Gasteiger partial charge in [-0.2, -0.15) is 0 Å². The predicted molar refractivity (Wildman–Crippen MR) is 46.9 cm³/mol. The number of hydrogen-bond acceptors (Lipinski definition) is 0. The van der Waals surface area contributed by atoms with Crippen LogP contribution in [-0.4, -0.2) is 0 Å². The van der Waals surface area contributed by atoms with E-state index in [0.29, 0.717) is 0 Å². The molecule has 0 heterocycles. The van der Waals surface area contributed by atoms with E-state index in [1.165, 1.54) is 12.8 Å². The summed E-state index contributed by atoms with van der Waals surface area (Å²) >= 11 is 0. The van der Waals surface area contributed by atoms with Gasteiger partial charge in [-0.1, -0.05) is 13.8 Å². The van der Waals surface area contributed by atoms with Crippen molar-refractivity contribution in [2.45, 2.75) is 33.1 Å². The Bertz CT molecular complexity index is 204. The van der Waals surface area contributed by atoms with Gasteiger partial charge in [0.1, 0.15) is 0 Å². The Labute approximate surface area is 69.4 Å². The van der Waals surface area contributed by atoms with Gasteiger partial charge in [0, 0.05) is 12.8 Å². The Morgan fingerprint density at radius 1 is 1.18 bits per heavy atom. The van der Waals surface area contributed by atoms with Crippen molar-refractivity contribution in [1.82, 2.24) is 0 Å². The van der Waals surface area contributed by atoms with E-state index in [0.717, 1.165) is 30.1 Å². The first-order chi connectivity index (χ1) is 5.30. The van der Waals surface area contributed by atoms with Crippen molar-refractivity contribution in [2.75, 3.05) is 0 Å². The van der Waals surface area contributed by atoms with Crippen molar-refractivity contribution in [3.63, 3.8) is 0 Å². The first-order valence-corrected chi connectivity index (χ1v) is 4.76. The molecule has 0 heteroatoms. The highest BCUT2D eigenvalue weighted by Gasteiger charge is 2.50. The minimum absolute atomic E-state index is 0.893. The average molecular weight is 148 g/mol. The molecule has 3 unspecified atom stereocenters. The van der Waals surface area contributed by atoms with E-state index in [9.17, 15) is 0 Å². The molecule has 0 aliphatic heterocycles. The molecule has 2 aliphatic carbocycles. The SMILES string of the molecule is CC(C)C1C2CC#CCCC21. The zero-order chi connectivity index (χ0) is 7.84. The molecule has 60 valence electrons. The predicted octanol–water partition coefficient (Wildman–Crippen LogP) is 2.69. The highest BCUT2D eigenvalue weighted by atomic mass is 14.5. The van der Waals surface area contributed by atoms with Gasteiger partial charge in [0.25, 0.3) is 0 Å². The molecule has 0 radical (unpaired) electrons. The van der Waals surface area contributed by atoms with E-state index in [1.54, 1.807) is 0 Å². The van der Waals surface area contributed by atoms with Crippen LogP contribution in [0.25, 0.3) is 0 Å². The van der Waals surface area contributed by atoms with Crippen LogP contribution in [0.15, 0.2) is 0 Å². The van der Waals surface area contributed by atoms with Crippen LogP contribution in [0.1, 0.15) is 33.1 Å². The zero-order valence-electron chi connectivity index (χ0n) is 7.43. The maximum atomic E-state index is 3.27. The van der Waals surface area contributed by atoms with E-state index in [1.807, 2.05) is 0 Å². The Balaban J connectivity index is 1.99. The van der Waals surface area contributed by atoms with Crippen molar-refractivity contribution >= 4 is 0 Å². The van der Waals surface area contributed by atoms with Crippen LogP contribution in [0.2, 0.25) is 0 Å². The molecule has 0 nitrogen and oxygen atoms in total. The number of rotatable bonds is 1. The van der Waals surface area contributed by atoms with Crippen LogP contribution in [0.3, 0.4) is 0 Å². The second-order valence-corrected chi connectivity index (χ2v) is 4.25. The van der Waals surface area contributed by atoms with Crippen molar-refractivity contribution in [1.29, 1.82) is 0 Å². The van der Waals surface area contributed by atoms with Crippen LogP contribution in [0.5, 0.6) is 0 Å². The monoisotopic (exact) mass is 148 g/mol. The molecular formula is C11H16. The Morgan fingerprint density at radius 3 is 2.73 bits per heavy atom. The first-order valence-electron chi connectivity index (χ1n) is 4.76. The quantitative estimate of drug-likeness (QED) is 0.501. The summed E-state index contributed by atoms with van der Waals surface area (Å²) in [7, 11) is 0. The Hall–Kier alpha value is -0.440. The lowest BCUT2D eigenvalue weighted by Gasteiger charge is -2.01. The summed E-state index contributed by atoms with van der Waals surface area (Å²) in [5.41, 5.74) is 0. The van der Waals surface area contributed by atoms with Crippen molar-refractivity contribution in [3.8, 4) is 11.8 Å². The molecule has 11 heavy (non-hydrogen) atoms. The lowest BCUT2D eigenvalue weighted by atomic mass is 10.0. The zero-order valence-corrected chi connectivity index (χ0v) is 7.43. The summed E-state index contributed by atoms with van der Waals surface area (Å²) < 4.78 is 0. The second-order valence-electron chi connectivity index (χ2n) is 4.25. The molecule has 2 rings (SSSR count). The minimum Gasteiger partial charge on any atom is -0.103 e. The maximum Gasteiger partial charge on any atom is 0.0123 e. The first kappa shape index (κ1) is 7.22. The van der Waals surface area contributed by atoms with E-state index in [-0.39, 0.29) is 0 Å². The molecule has 1 saturated carbocycles. The molecule has 0 amide bonds. The third-order valence-corrected chi connectivity index (χ3v) is 3.23. The van der Waals surface area contributed by atoms with Gasteiger partial charge < -0.3 is 0 Å². The van der Waals surface area contributed by atoms with Gasteiger partial charge in [-0.15, -0.1) is 11.8 Å². The standard InChI is InChI=1S/C11H16/c1-8(2)11-9-6-4-3-5-7-10(9)11/h8-11H,4,6-7H2,1-2H3. The normalized spacial score (nSPS) is 40.5. The van der Waals surface area contributed by atoms with Crippen molar-refractivity contribution in [3.05, 3.63) is 0 Å². The Morgan fingerprint density at radius 2 is 2.00 bits per heavy atom. The molecule has 0 saturated heterocycles. The van der Waals surface area contributed by atoms with Gasteiger partial charge in [0.15, 0.2) is 0 Å². The summed E-state index contributed by atoms with van der Waals surface area (Å²) in [6.07, 6.45) is 3.72. The summed E-state index contributed by atoms with van der Waals surface area (Å²) in [5, 5.41) is 0. The van der Waals surface area contributed by atoms with Gasteiger partial charge in [0.05, 0.1) is 0 Å². The van der Waals surface area contributed by atoms with E-state index in [2.05, 4.69) is 25.7 Å². The van der Waals surface area contributed by atoms with Gasteiger partial charge in [-0.05, 0) is 30.1 Å². The van der Waals surface area contributed by atoms with Gasteiger partial charge in [-0.25, -0.2) is 0 Å². The summed E-state index contributed by atoms with van der Waals surface area (Å²) in [5.74, 6) is 10.4. The molecule has 0 N–H and O–H groups in total. The molecule has 0 aromatic carbocycles. The fourth-order valence-electron chi connectivity index (χ4n) is 2.67. The summed E-state index contributed by atoms with van der Waals surface area (Å²) in [6.45, 7) is 4.71. The van der Waals surface area contributed by atoms with E-state index >= 15 is 0 Å². The van der Waals surface area contributed by atoms with Crippen molar-refractivity contribution < 1.29 is 0 Å². The average Bonchev–Trinajstić information content (AvgIpc) is 2.57. The van der Waals surface area contributed by atoms with Gasteiger partial charge in [0.2, 0.25) is 0 Å². The molecule has 3 atom stereocenters. The van der Waals surface area contributed by atoms with Gasteiger partial charge in [-0.3, -0.25) is 0 Å². The van der Waals surface area contributed by atoms with E-state index in [4.69, 9.17) is 0 Å². The fraction of sp³-hybridized carbons (Fsp3) is 0.818. The Kier molecular flexibility index (Phi) is 1.68. The minimum atomic E-state index is 0.893. The summed E-state index contributed by atoms with van der Waals surface area (Å²) in [6, 6.07) is 0. The molecular weight excluding hydrogens is 132 g/mol. The fourth-order valence-corrected chi connectivity index (χ4v) is 2.67. The van der Waals surface area contributed by atoms with E-state index < -0.39 is 0 Å². The largest absolute Gasteiger partial charge is 0.103 e. The molecule has 0 aromatic rings. The van der Waals surface area contributed by atoms with Crippen molar-refractivity contribution in [2.24, 2.45) is 23.7 Å². The summed E-state index contributed by atoms with van der Waals surface area (Å²) in [4.78, 5) is 0. The lowest BCUT2D eigenvalue weighted by molar-refractivity contribution is 0.494. The van der Waals surface area contributed by atoms with Crippen LogP contribution >= 0.6 is 0 Å². The maximum absolute atomic E-state index is 3.27. The third-order valence-electron chi connectivity index (χ3n) is 3.23. The molecule has 2 aliphatic rings. The molecule has 0 aromatic heterocycles.